The number of hydrogen-bond acceptors (Lipinski definition) is 3. The normalized spacial score (nSPS) is 35.4. The molecule has 1 saturated carbocycles. The second-order valence-electron chi connectivity index (χ2n) is 5.93. The van der Waals surface area contributed by atoms with Crippen molar-refractivity contribution < 1.29 is 10.2 Å². The lowest BCUT2D eigenvalue weighted by Crippen LogP contribution is -2.47. The van der Waals surface area contributed by atoms with Crippen LogP contribution >= 0.6 is 0 Å². The van der Waals surface area contributed by atoms with Gasteiger partial charge in [-0.1, -0.05) is 19.8 Å². The van der Waals surface area contributed by atoms with Crippen molar-refractivity contribution in [3.8, 4) is 0 Å². The summed E-state index contributed by atoms with van der Waals surface area (Å²) in [6, 6.07) is 0. The van der Waals surface area contributed by atoms with Crippen LogP contribution in [0, 0.1) is 11.3 Å². The average molecular weight is 227 g/mol. The first-order chi connectivity index (χ1) is 7.65. The van der Waals surface area contributed by atoms with Crippen molar-refractivity contribution in [2.24, 2.45) is 11.3 Å². The van der Waals surface area contributed by atoms with Crippen molar-refractivity contribution in [2.75, 3.05) is 26.2 Å². The van der Waals surface area contributed by atoms with Gasteiger partial charge in [-0.05, 0) is 25.2 Å². The zero-order valence-corrected chi connectivity index (χ0v) is 10.4. The van der Waals surface area contributed by atoms with Gasteiger partial charge in [0.2, 0.25) is 0 Å². The van der Waals surface area contributed by atoms with Crippen LogP contribution in [0.2, 0.25) is 0 Å². The summed E-state index contributed by atoms with van der Waals surface area (Å²) in [6.45, 7) is 5.47. The van der Waals surface area contributed by atoms with Crippen LogP contribution in [-0.4, -0.2) is 47.5 Å². The molecule has 3 heteroatoms. The fourth-order valence-corrected chi connectivity index (χ4v) is 3.33. The first-order valence-corrected chi connectivity index (χ1v) is 6.66. The molecule has 16 heavy (non-hydrogen) atoms. The molecule has 0 aromatic heterocycles. The number of aliphatic hydroxyl groups is 2. The molecular formula is C13H25NO2. The Morgan fingerprint density at radius 3 is 2.56 bits per heavy atom. The minimum absolute atomic E-state index is 0.120. The van der Waals surface area contributed by atoms with Crippen LogP contribution in [0.15, 0.2) is 0 Å². The summed E-state index contributed by atoms with van der Waals surface area (Å²) in [7, 11) is 0. The monoisotopic (exact) mass is 227 g/mol. The van der Waals surface area contributed by atoms with E-state index in [1.807, 2.05) is 0 Å². The van der Waals surface area contributed by atoms with Gasteiger partial charge in [-0.25, -0.2) is 0 Å². The maximum absolute atomic E-state index is 9.70. The van der Waals surface area contributed by atoms with Gasteiger partial charge < -0.3 is 15.1 Å². The minimum atomic E-state index is -0.120. The van der Waals surface area contributed by atoms with Crippen LogP contribution in [0.5, 0.6) is 0 Å². The summed E-state index contributed by atoms with van der Waals surface area (Å²) in [5.74, 6) is 0.380. The molecule has 0 radical (unpaired) electrons. The molecule has 1 aliphatic heterocycles. The number of rotatable bonds is 3. The standard InChI is InChI=1S/C13H25NO2/c1-11-8-14(7-4-12(11)16)9-13(10-15)5-2-3-6-13/h11-12,15-16H,2-10H2,1H3. The van der Waals surface area contributed by atoms with E-state index in [1.54, 1.807) is 0 Å². The van der Waals surface area contributed by atoms with E-state index in [0.29, 0.717) is 12.5 Å². The summed E-state index contributed by atoms with van der Waals surface area (Å²) in [6.07, 6.45) is 5.67. The quantitative estimate of drug-likeness (QED) is 0.762. The summed E-state index contributed by atoms with van der Waals surface area (Å²) in [4.78, 5) is 2.44. The third-order valence-electron chi connectivity index (χ3n) is 4.50. The van der Waals surface area contributed by atoms with Gasteiger partial charge in [0.25, 0.3) is 0 Å². The van der Waals surface area contributed by atoms with E-state index in [9.17, 15) is 10.2 Å². The van der Waals surface area contributed by atoms with E-state index < -0.39 is 0 Å². The molecule has 1 heterocycles. The predicted molar refractivity (Wildman–Crippen MR) is 64.2 cm³/mol. The van der Waals surface area contributed by atoms with E-state index in [2.05, 4.69) is 11.8 Å². The lowest BCUT2D eigenvalue weighted by molar-refractivity contribution is 0.00462. The van der Waals surface area contributed by atoms with Crippen LogP contribution in [0.25, 0.3) is 0 Å². The smallest absolute Gasteiger partial charge is 0.0590 e. The van der Waals surface area contributed by atoms with E-state index in [1.165, 1.54) is 25.7 Å². The van der Waals surface area contributed by atoms with Crippen molar-refractivity contribution in [3.05, 3.63) is 0 Å². The zero-order valence-electron chi connectivity index (χ0n) is 10.4. The number of likely N-dealkylation sites (tertiary alicyclic amines) is 1. The van der Waals surface area contributed by atoms with Crippen molar-refractivity contribution in [1.82, 2.24) is 4.90 Å². The number of nitrogens with zero attached hydrogens (tertiary/aromatic N) is 1. The first-order valence-electron chi connectivity index (χ1n) is 6.66. The highest BCUT2D eigenvalue weighted by atomic mass is 16.3. The van der Waals surface area contributed by atoms with Crippen molar-refractivity contribution in [1.29, 1.82) is 0 Å². The third kappa shape index (κ3) is 2.58. The van der Waals surface area contributed by atoms with Crippen molar-refractivity contribution in [3.63, 3.8) is 0 Å². The zero-order chi connectivity index (χ0) is 11.6. The highest BCUT2D eigenvalue weighted by molar-refractivity contribution is 4.89. The Balaban J connectivity index is 1.89. The second-order valence-corrected chi connectivity index (χ2v) is 5.93. The summed E-state index contributed by atoms with van der Waals surface area (Å²) in [5, 5.41) is 19.3. The second kappa shape index (κ2) is 5.03. The lowest BCUT2D eigenvalue weighted by Gasteiger charge is -2.39. The van der Waals surface area contributed by atoms with E-state index in [-0.39, 0.29) is 11.5 Å². The molecule has 0 spiro atoms. The van der Waals surface area contributed by atoms with Crippen LogP contribution in [0.1, 0.15) is 39.0 Å². The Morgan fingerprint density at radius 2 is 2.00 bits per heavy atom. The SMILES string of the molecule is CC1CN(CC2(CO)CCCC2)CCC1O. The lowest BCUT2D eigenvalue weighted by atomic mass is 9.85. The van der Waals surface area contributed by atoms with E-state index in [0.717, 1.165) is 26.1 Å². The fraction of sp³-hybridized carbons (Fsp3) is 1.00. The maximum atomic E-state index is 9.70. The van der Waals surface area contributed by atoms with Crippen LogP contribution in [0.4, 0.5) is 0 Å². The van der Waals surface area contributed by atoms with Gasteiger partial charge in [0, 0.05) is 31.7 Å². The summed E-state index contributed by atoms with van der Waals surface area (Å²) >= 11 is 0. The number of hydrogen-bond donors (Lipinski definition) is 2. The first kappa shape index (κ1) is 12.3. The van der Waals surface area contributed by atoms with Gasteiger partial charge >= 0.3 is 0 Å². The highest BCUT2D eigenvalue weighted by Gasteiger charge is 2.36. The predicted octanol–water partition coefficient (Wildman–Crippen LogP) is 1.24. The molecule has 1 aliphatic carbocycles. The van der Waals surface area contributed by atoms with E-state index in [4.69, 9.17) is 0 Å². The largest absolute Gasteiger partial charge is 0.396 e. The Hall–Kier alpha value is -0.120. The topological polar surface area (TPSA) is 43.7 Å². The maximum Gasteiger partial charge on any atom is 0.0590 e. The van der Waals surface area contributed by atoms with Crippen LogP contribution in [0.3, 0.4) is 0 Å². The van der Waals surface area contributed by atoms with Gasteiger partial charge in [-0.3, -0.25) is 0 Å². The van der Waals surface area contributed by atoms with Crippen molar-refractivity contribution >= 4 is 0 Å². The van der Waals surface area contributed by atoms with Crippen LogP contribution in [-0.2, 0) is 0 Å². The molecule has 0 amide bonds. The molecule has 94 valence electrons. The minimum Gasteiger partial charge on any atom is -0.396 e. The molecule has 0 aromatic carbocycles. The average Bonchev–Trinajstić information content (AvgIpc) is 2.73. The Labute approximate surface area is 98.5 Å². The molecule has 2 atom stereocenters. The van der Waals surface area contributed by atoms with Gasteiger partial charge in [0.15, 0.2) is 0 Å². The van der Waals surface area contributed by atoms with E-state index >= 15 is 0 Å². The van der Waals surface area contributed by atoms with Gasteiger partial charge in [-0.2, -0.15) is 0 Å². The van der Waals surface area contributed by atoms with Crippen molar-refractivity contribution in [2.45, 2.75) is 45.1 Å². The fourth-order valence-electron chi connectivity index (χ4n) is 3.33. The molecule has 2 fully saturated rings. The summed E-state index contributed by atoms with van der Waals surface area (Å²) in [5.41, 5.74) is 0.169. The molecule has 2 unspecified atom stereocenters. The molecule has 0 aromatic rings. The number of aliphatic hydroxyl groups excluding tert-OH is 2. The third-order valence-corrected chi connectivity index (χ3v) is 4.50. The molecule has 2 N–H and O–H groups in total. The molecular weight excluding hydrogens is 202 g/mol. The molecule has 1 saturated heterocycles. The summed E-state index contributed by atoms with van der Waals surface area (Å²) < 4.78 is 0. The Bertz CT molecular complexity index is 226. The number of piperidine rings is 1. The molecule has 2 aliphatic rings. The molecule has 3 nitrogen and oxygen atoms in total. The Morgan fingerprint density at radius 1 is 1.31 bits per heavy atom. The van der Waals surface area contributed by atoms with Crippen LogP contribution < -0.4 is 0 Å². The molecule has 2 rings (SSSR count). The van der Waals surface area contributed by atoms with Gasteiger partial charge in [0.05, 0.1) is 6.10 Å². The molecule has 0 bridgehead atoms. The highest BCUT2D eigenvalue weighted by Crippen LogP contribution is 2.39. The Kier molecular flexibility index (Phi) is 3.88. The van der Waals surface area contributed by atoms with Gasteiger partial charge in [-0.15, -0.1) is 0 Å². The van der Waals surface area contributed by atoms with Gasteiger partial charge in [0.1, 0.15) is 0 Å².